The van der Waals surface area contributed by atoms with Gasteiger partial charge in [0.1, 0.15) is 5.76 Å². The maximum absolute atomic E-state index is 12.1. The Morgan fingerprint density at radius 1 is 1.43 bits per heavy atom. The summed E-state index contributed by atoms with van der Waals surface area (Å²) < 4.78 is 5.08. The molecule has 1 aliphatic rings. The van der Waals surface area contributed by atoms with Gasteiger partial charge in [-0.15, -0.1) is 11.8 Å². The number of carbonyl (C=O) groups is 2. The minimum Gasteiger partial charge on any atom is -0.481 e. The van der Waals surface area contributed by atoms with Crippen molar-refractivity contribution >= 4 is 23.6 Å². The van der Waals surface area contributed by atoms with Crippen molar-refractivity contribution in [2.45, 2.75) is 26.5 Å². The zero-order valence-electron chi connectivity index (χ0n) is 12.5. The minimum absolute atomic E-state index is 0.00219. The third-order valence-corrected chi connectivity index (χ3v) is 4.88. The second-order valence-corrected chi connectivity index (χ2v) is 6.50. The summed E-state index contributed by atoms with van der Waals surface area (Å²) in [6.07, 6.45) is 0. The molecule has 1 fully saturated rings. The largest absolute Gasteiger partial charge is 0.481 e. The molecule has 1 saturated heterocycles. The topological polar surface area (TPSA) is 83.6 Å². The van der Waals surface area contributed by atoms with Crippen LogP contribution in [0.25, 0.3) is 0 Å². The Morgan fingerprint density at radius 2 is 2.14 bits per heavy atom. The second-order valence-electron chi connectivity index (χ2n) is 5.52. The number of aliphatic carboxylic acids is 1. The first kappa shape index (κ1) is 15.9. The van der Waals surface area contributed by atoms with E-state index in [-0.39, 0.29) is 11.8 Å². The normalized spacial score (nSPS) is 21.8. The van der Waals surface area contributed by atoms with Gasteiger partial charge in [0.2, 0.25) is 5.91 Å². The smallest absolute Gasteiger partial charge is 0.308 e. The van der Waals surface area contributed by atoms with E-state index in [0.717, 1.165) is 17.0 Å². The highest BCUT2D eigenvalue weighted by molar-refractivity contribution is 7.99. The van der Waals surface area contributed by atoms with Gasteiger partial charge in [-0.05, 0) is 19.8 Å². The minimum atomic E-state index is -0.818. The summed E-state index contributed by atoms with van der Waals surface area (Å²) >= 11 is 1.51. The van der Waals surface area contributed by atoms with Crippen molar-refractivity contribution in [1.82, 2.24) is 10.1 Å². The van der Waals surface area contributed by atoms with Crippen LogP contribution in [0.3, 0.4) is 0 Å². The number of hydrogen-bond donors (Lipinski definition) is 1. The van der Waals surface area contributed by atoms with E-state index >= 15 is 0 Å². The number of hydrogen-bond acceptors (Lipinski definition) is 5. The summed E-state index contributed by atoms with van der Waals surface area (Å²) in [5, 5.41) is 13.0. The van der Waals surface area contributed by atoms with Gasteiger partial charge in [0.15, 0.2) is 0 Å². The molecule has 21 heavy (non-hydrogen) atoms. The van der Waals surface area contributed by atoms with Gasteiger partial charge < -0.3 is 14.5 Å². The van der Waals surface area contributed by atoms with E-state index < -0.39 is 11.9 Å². The molecule has 1 aliphatic heterocycles. The first-order chi connectivity index (χ1) is 9.90. The quantitative estimate of drug-likeness (QED) is 0.891. The van der Waals surface area contributed by atoms with Crippen LogP contribution in [0.4, 0.5) is 0 Å². The van der Waals surface area contributed by atoms with E-state index in [1.807, 2.05) is 20.8 Å². The van der Waals surface area contributed by atoms with Crippen molar-refractivity contribution in [3.63, 3.8) is 0 Å². The molecule has 0 radical (unpaired) electrons. The molecule has 0 aliphatic carbocycles. The second kappa shape index (κ2) is 6.51. The number of carbonyl (C=O) groups excluding carboxylic acids is 1. The maximum Gasteiger partial charge on any atom is 0.308 e. The van der Waals surface area contributed by atoms with Crippen molar-refractivity contribution in [2.75, 3.05) is 18.8 Å². The number of likely N-dealkylation sites (tertiary alicyclic amines) is 1. The SMILES string of the molecule is Cc1noc(C)c1CSCC(=O)N1CC(C)C(C(=O)O)C1. The lowest BCUT2D eigenvalue weighted by Crippen LogP contribution is -2.31. The number of amides is 1. The van der Waals surface area contributed by atoms with Crippen molar-refractivity contribution < 1.29 is 19.2 Å². The zero-order chi connectivity index (χ0) is 15.6. The van der Waals surface area contributed by atoms with Gasteiger partial charge in [-0.1, -0.05) is 12.1 Å². The van der Waals surface area contributed by atoms with Crippen LogP contribution >= 0.6 is 11.8 Å². The van der Waals surface area contributed by atoms with Crippen LogP contribution in [0, 0.1) is 25.7 Å². The summed E-state index contributed by atoms with van der Waals surface area (Å²) in [5.41, 5.74) is 1.89. The van der Waals surface area contributed by atoms with Crippen LogP contribution in [-0.2, 0) is 15.3 Å². The van der Waals surface area contributed by atoms with Crippen molar-refractivity contribution in [3.05, 3.63) is 17.0 Å². The van der Waals surface area contributed by atoms with Crippen LogP contribution < -0.4 is 0 Å². The van der Waals surface area contributed by atoms with Crippen molar-refractivity contribution in [1.29, 1.82) is 0 Å². The fraction of sp³-hybridized carbons (Fsp3) is 0.643. The Labute approximate surface area is 127 Å². The van der Waals surface area contributed by atoms with E-state index in [0.29, 0.717) is 24.6 Å². The van der Waals surface area contributed by atoms with Crippen LogP contribution in [0.1, 0.15) is 23.9 Å². The average Bonchev–Trinajstić information content (AvgIpc) is 2.95. The Kier molecular flexibility index (Phi) is 4.92. The molecule has 2 rings (SSSR count). The van der Waals surface area contributed by atoms with E-state index in [2.05, 4.69) is 5.16 Å². The molecule has 2 unspecified atom stereocenters. The fourth-order valence-electron chi connectivity index (χ4n) is 2.53. The Morgan fingerprint density at radius 3 is 2.67 bits per heavy atom. The third-order valence-electron chi connectivity index (χ3n) is 3.94. The summed E-state index contributed by atoms with van der Waals surface area (Å²) in [6, 6.07) is 0. The van der Waals surface area contributed by atoms with Gasteiger partial charge in [0, 0.05) is 24.4 Å². The standard InChI is InChI=1S/C14H20N2O4S/c1-8-4-16(5-11(8)14(18)19)13(17)7-21-6-12-9(2)15-20-10(12)3/h8,11H,4-7H2,1-3H3,(H,18,19). The lowest BCUT2D eigenvalue weighted by atomic mass is 9.99. The number of carboxylic acids is 1. The number of carboxylic acid groups (broad SMARTS) is 1. The maximum atomic E-state index is 12.1. The van der Waals surface area contributed by atoms with E-state index in [1.54, 1.807) is 4.90 Å². The molecule has 0 bridgehead atoms. The van der Waals surface area contributed by atoms with E-state index in [4.69, 9.17) is 9.63 Å². The summed E-state index contributed by atoms with van der Waals surface area (Å²) in [5.74, 6) is 0.569. The Bertz CT molecular complexity index is 524. The van der Waals surface area contributed by atoms with Crippen molar-refractivity contribution in [2.24, 2.45) is 11.8 Å². The molecule has 1 amide bonds. The van der Waals surface area contributed by atoms with Gasteiger partial charge in [-0.2, -0.15) is 0 Å². The van der Waals surface area contributed by atoms with Gasteiger partial charge in [-0.25, -0.2) is 0 Å². The highest BCUT2D eigenvalue weighted by Crippen LogP contribution is 2.25. The van der Waals surface area contributed by atoms with Gasteiger partial charge in [0.05, 0.1) is 17.4 Å². The highest BCUT2D eigenvalue weighted by atomic mass is 32.2. The van der Waals surface area contributed by atoms with E-state index in [9.17, 15) is 9.59 Å². The lowest BCUT2D eigenvalue weighted by Gasteiger charge is -2.15. The number of aryl methyl sites for hydroxylation is 2. The van der Waals surface area contributed by atoms with Crippen LogP contribution in [0.2, 0.25) is 0 Å². The van der Waals surface area contributed by atoms with Crippen molar-refractivity contribution in [3.8, 4) is 0 Å². The molecule has 2 heterocycles. The van der Waals surface area contributed by atoms with Gasteiger partial charge in [-0.3, -0.25) is 9.59 Å². The number of aromatic nitrogens is 1. The number of rotatable bonds is 5. The fourth-order valence-corrected chi connectivity index (χ4v) is 3.61. The molecule has 0 spiro atoms. The van der Waals surface area contributed by atoms with Gasteiger partial charge >= 0.3 is 5.97 Å². The molecule has 0 saturated carbocycles. The lowest BCUT2D eigenvalue weighted by molar-refractivity contribution is -0.142. The van der Waals surface area contributed by atoms with Crippen LogP contribution in [-0.4, -0.2) is 45.9 Å². The monoisotopic (exact) mass is 312 g/mol. The Balaban J connectivity index is 1.82. The molecular weight excluding hydrogens is 292 g/mol. The number of nitrogens with zero attached hydrogens (tertiary/aromatic N) is 2. The van der Waals surface area contributed by atoms with E-state index in [1.165, 1.54) is 11.8 Å². The molecule has 2 atom stereocenters. The van der Waals surface area contributed by atoms with Gasteiger partial charge in [0.25, 0.3) is 0 Å². The average molecular weight is 312 g/mol. The predicted octanol–water partition coefficient (Wildman–Crippen LogP) is 1.70. The molecule has 116 valence electrons. The highest BCUT2D eigenvalue weighted by Gasteiger charge is 2.36. The first-order valence-electron chi connectivity index (χ1n) is 6.90. The molecule has 7 heteroatoms. The molecule has 1 N–H and O–H groups in total. The van der Waals surface area contributed by atoms with Crippen LogP contribution in [0.15, 0.2) is 4.52 Å². The molecule has 6 nitrogen and oxygen atoms in total. The number of thioether (sulfide) groups is 1. The summed E-state index contributed by atoms with van der Waals surface area (Å²) in [4.78, 5) is 24.9. The molecule has 1 aromatic heterocycles. The third kappa shape index (κ3) is 3.58. The summed E-state index contributed by atoms with van der Waals surface area (Å²) in [6.45, 7) is 6.47. The predicted molar refractivity (Wildman–Crippen MR) is 79.0 cm³/mol. The summed E-state index contributed by atoms with van der Waals surface area (Å²) in [7, 11) is 0. The molecule has 1 aromatic rings. The zero-order valence-corrected chi connectivity index (χ0v) is 13.3. The Hall–Kier alpha value is -1.50. The first-order valence-corrected chi connectivity index (χ1v) is 8.05. The molecule has 0 aromatic carbocycles. The molecular formula is C14H20N2O4S. The van der Waals surface area contributed by atoms with Crippen LogP contribution in [0.5, 0.6) is 0 Å².